The Kier molecular flexibility index (Phi) is 1.48. The van der Waals surface area contributed by atoms with Crippen molar-refractivity contribution in [3.8, 4) is 0 Å². The van der Waals surface area contributed by atoms with Crippen LogP contribution in [0.1, 0.15) is 19.8 Å². The molecule has 0 bridgehead atoms. The number of rotatable bonds is 2. The summed E-state index contributed by atoms with van der Waals surface area (Å²) >= 11 is 0. The van der Waals surface area contributed by atoms with Crippen LogP contribution < -0.4 is 5.32 Å². The zero-order chi connectivity index (χ0) is 8.77. The van der Waals surface area contributed by atoms with Crippen LogP contribution in [0.2, 0.25) is 0 Å². The fourth-order valence-corrected chi connectivity index (χ4v) is 1.80. The van der Waals surface area contributed by atoms with Gasteiger partial charge in [0.25, 0.3) is 0 Å². The average Bonchev–Trinajstić information content (AvgIpc) is 2.79. The van der Waals surface area contributed by atoms with Crippen LogP contribution in [0.15, 0.2) is 0 Å². The number of amides is 2. The van der Waals surface area contributed by atoms with E-state index in [9.17, 15) is 9.59 Å². The molecule has 66 valence electrons. The van der Waals surface area contributed by atoms with Gasteiger partial charge in [-0.2, -0.15) is 0 Å². The Balaban J connectivity index is 2.26. The first-order chi connectivity index (χ1) is 5.69. The highest BCUT2D eigenvalue weighted by atomic mass is 16.6. The molecule has 2 unspecified atom stereocenters. The predicted molar refractivity (Wildman–Crippen MR) is 40.2 cm³/mol. The van der Waals surface area contributed by atoms with E-state index in [1.54, 1.807) is 0 Å². The second kappa shape index (κ2) is 2.29. The molecule has 2 fully saturated rings. The number of hydrogen-bond donors (Lipinski definition) is 1. The molecular formula is C8H11NO3. The van der Waals surface area contributed by atoms with Gasteiger partial charge in [-0.1, -0.05) is 6.92 Å². The first kappa shape index (κ1) is 7.73. The second-order valence-electron chi connectivity index (χ2n) is 3.39. The van der Waals surface area contributed by atoms with Crippen LogP contribution in [0.4, 0.5) is 0 Å². The average molecular weight is 169 g/mol. The van der Waals surface area contributed by atoms with Crippen molar-refractivity contribution in [1.82, 2.24) is 5.32 Å². The van der Waals surface area contributed by atoms with E-state index in [1.165, 1.54) is 0 Å². The lowest BCUT2D eigenvalue weighted by atomic mass is 9.80. The van der Waals surface area contributed by atoms with Gasteiger partial charge in [-0.15, -0.1) is 0 Å². The summed E-state index contributed by atoms with van der Waals surface area (Å²) in [4.78, 5) is 22.4. The molecule has 2 heterocycles. The van der Waals surface area contributed by atoms with Crippen LogP contribution in [0.3, 0.4) is 0 Å². The van der Waals surface area contributed by atoms with E-state index in [1.807, 2.05) is 6.92 Å². The van der Waals surface area contributed by atoms with Gasteiger partial charge >= 0.3 is 0 Å². The van der Waals surface area contributed by atoms with Crippen molar-refractivity contribution in [1.29, 1.82) is 0 Å². The number of ether oxygens (including phenoxy) is 1. The van der Waals surface area contributed by atoms with Gasteiger partial charge in [-0.3, -0.25) is 14.9 Å². The van der Waals surface area contributed by atoms with Crippen LogP contribution in [0.5, 0.6) is 0 Å². The van der Waals surface area contributed by atoms with Gasteiger partial charge in [-0.25, -0.2) is 0 Å². The number of imide groups is 1. The Morgan fingerprint density at radius 1 is 1.67 bits per heavy atom. The van der Waals surface area contributed by atoms with Crippen molar-refractivity contribution in [2.75, 3.05) is 6.61 Å². The summed E-state index contributed by atoms with van der Waals surface area (Å²) in [5.74, 6) is -0.324. The van der Waals surface area contributed by atoms with E-state index >= 15 is 0 Å². The molecule has 4 heteroatoms. The Morgan fingerprint density at radius 2 is 2.33 bits per heavy atom. The van der Waals surface area contributed by atoms with Gasteiger partial charge in [0.1, 0.15) is 0 Å². The molecule has 2 rings (SSSR count). The third kappa shape index (κ3) is 0.876. The van der Waals surface area contributed by atoms with Gasteiger partial charge in [0.05, 0.1) is 18.1 Å². The van der Waals surface area contributed by atoms with Crippen LogP contribution in [-0.2, 0) is 14.3 Å². The van der Waals surface area contributed by atoms with E-state index in [0.717, 1.165) is 0 Å². The molecule has 0 aromatic carbocycles. The monoisotopic (exact) mass is 169 g/mol. The minimum atomic E-state index is -0.545. The summed E-state index contributed by atoms with van der Waals surface area (Å²) in [7, 11) is 0. The molecule has 2 atom stereocenters. The summed E-state index contributed by atoms with van der Waals surface area (Å²) in [5.41, 5.74) is -0.545. The molecule has 0 spiro atoms. The summed E-state index contributed by atoms with van der Waals surface area (Å²) in [6, 6.07) is 0. The molecule has 4 nitrogen and oxygen atoms in total. The Morgan fingerprint density at radius 3 is 2.67 bits per heavy atom. The number of hydrogen-bond acceptors (Lipinski definition) is 3. The van der Waals surface area contributed by atoms with Crippen molar-refractivity contribution in [3.63, 3.8) is 0 Å². The Labute approximate surface area is 70.3 Å². The second-order valence-corrected chi connectivity index (χ2v) is 3.39. The van der Waals surface area contributed by atoms with Crippen LogP contribution in [-0.4, -0.2) is 24.5 Å². The Hall–Kier alpha value is -0.900. The molecule has 0 radical (unpaired) electrons. The fraction of sp³-hybridized carbons (Fsp3) is 0.750. The lowest BCUT2D eigenvalue weighted by molar-refractivity contribution is -0.129. The van der Waals surface area contributed by atoms with Gasteiger partial charge in [0.15, 0.2) is 0 Å². The maximum atomic E-state index is 11.4. The van der Waals surface area contributed by atoms with Gasteiger partial charge < -0.3 is 4.74 Å². The minimum absolute atomic E-state index is 0.0195. The smallest absolute Gasteiger partial charge is 0.236 e. The number of nitrogens with one attached hydrogen (secondary N) is 1. The molecule has 0 aliphatic carbocycles. The molecule has 1 N–H and O–H groups in total. The highest BCUT2D eigenvalue weighted by molar-refractivity contribution is 6.06. The molecule has 12 heavy (non-hydrogen) atoms. The zero-order valence-corrected chi connectivity index (χ0v) is 6.92. The van der Waals surface area contributed by atoms with Crippen LogP contribution in [0.25, 0.3) is 0 Å². The minimum Gasteiger partial charge on any atom is -0.372 e. The molecule has 0 aromatic rings. The van der Waals surface area contributed by atoms with E-state index in [4.69, 9.17) is 4.74 Å². The third-order valence-corrected chi connectivity index (χ3v) is 2.76. The molecule has 0 saturated carbocycles. The SMILES string of the molecule is CCC1(C2CO2)CC(=O)NC1=O. The molecule has 2 saturated heterocycles. The van der Waals surface area contributed by atoms with Crippen molar-refractivity contribution < 1.29 is 14.3 Å². The van der Waals surface area contributed by atoms with Crippen LogP contribution >= 0.6 is 0 Å². The van der Waals surface area contributed by atoms with Crippen molar-refractivity contribution in [2.24, 2.45) is 5.41 Å². The van der Waals surface area contributed by atoms with Crippen molar-refractivity contribution in [2.45, 2.75) is 25.9 Å². The van der Waals surface area contributed by atoms with Gasteiger partial charge in [-0.05, 0) is 6.42 Å². The molecular weight excluding hydrogens is 158 g/mol. The van der Waals surface area contributed by atoms with Crippen molar-refractivity contribution in [3.05, 3.63) is 0 Å². The van der Waals surface area contributed by atoms with Crippen molar-refractivity contribution >= 4 is 11.8 Å². The van der Waals surface area contributed by atoms with E-state index in [2.05, 4.69) is 5.32 Å². The molecule has 2 amide bonds. The quantitative estimate of drug-likeness (QED) is 0.461. The fourth-order valence-electron chi connectivity index (χ4n) is 1.80. The summed E-state index contributed by atoms with van der Waals surface area (Å²) < 4.78 is 5.09. The summed E-state index contributed by atoms with van der Waals surface area (Å²) in [5, 5.41) is 2.32. The highest BCUT2D eigenvalue weighted by Gasteiger charge is 2.56. The number of carbonyl (C=O) groups is 2. The van der Waals surface area contributed by atoms with Gasteiger partial charge in [0.2, 0.25) is 11.8 Å². The van der Waals surface area contributed by atoms with Gasteiger partial charge in [0, 0.05) is 6.42 Å². The topological polar surface area (TPSA) is 58.7 Å². The lowest BCUT2D eigenvalue weighted by Crippen LogP contribution is -2.35. The largest absolute Gasteiger partial charge is 0.372 e. The Bertz CT molecular complexity index is 247. The predicted octanol–water partition coefficient (Wildman–Crippen LogP) is -0.172. The normalized spacial score (nSPS) is 39.9. The molecule has 2 aliphatic heterocycles. The highest BCUT2D eigenvalue weighted by Crippen LogP contribution is 2.42. The first-order valence-electron chi connectivity index (χ1n) is 4.15. The standard InChI is InChI=1S/C8H11NO3/c1-2-8(5-4-12-5)3-6(10)9-7(8)11/h5H,2-4H2,1H3,(H,9,10,11). The molecule has 2 aliphatic rings. The first-order valence-corrected chi connectivity index (χ1v) is 4.15. The maximum Gasteiger partial charge on any atom is 0.236 e. The summed E-state index contributed by atoms with van der Waals surface area (Å²) in [6.07, 6.45) is 0.955. The third-order valence-electron chi connectivity index (χ3n) is 2.76. The zero-order valence-electron chi connectivity index (χ0n) is 6.92. The van der Waals surface area contributed by atoms with Crippen LogP contribution in [0, 0.1) is 5.41 Å². The van der Waals surface area contributed by atoms with E-state index in [-0.39, 0.29) is 17.9 Å². The lowest BCUT2D eigenvalue weighted by Gasteiger charge is -2.19. The van der Waals surface area contributed by atoms with E-state index in [0.29, 0.717) is 19.4 Å². The van der Waals surface area contributed by atoms with E-state index < -0.39 is 5.41 Å². The number of carbonyl (C=O) groups excluding carboxylic acids is 2. The maximum absolute atomic E-state index is 11.4. The molecule has 0 aromatic heterocycles. The summed E-state index contributed by atoms with van der Waals surface area (Å²) in [6.45, 7) is 2.54. The number of epoxide rings is 1.